The van der Waals surface area contributed by atoms with Gasteiger partial charge in [-0.25, -0.2) is 4.98 Å². The fourth-order valence-electron chi connectivity index (χ4n) is 3.51. The number of likely N-dealkylation sites (tertiary alicyclic amines) is 1. The van der Waals surface area contributed by atoms with Gasteiger partial charge >= 0.3 is 0 Å². The van der Waals surface area contributed by atoms with Crippen molar-refractivity contribution in [2.24, 2.45) is 0 Å². The highest BCUT2D eigenvalue weighted by Crippen LogP contribution is 2.23. The molecule has 0 unspecified atom stereocenters. The van der Waals surface area contributed by atoms with Crippen LogP contribution in [0.3, 0.4) is 0 Å². The number of H-pyrrole nitrogens is 1. The van der Waals surface area contributed by atoms with Gasteiger partial charge < -0.3 is 4.90 Å². The van der Waals surface area contributed by atoms with Gasteiger partial charge in [0.15, 0.2) is 10.8 Å². The second-order valence-electron chi connectivity index (χ2n) is 7.27. The molecule has 1 saturated heterocycles. The predicted octanol–water partition coefficient (Wildman–Crippen LogP) is 2.87. The van der Waals surface area contributed by atoms with Gasteiger partial charge in [-0.05, 0) is 56.9 Å². The van der Waals surface area contributed by atoms with Crippen molar-refractivity contribution in [3.63, 3.8) is 0 Å². The van der Waals surface area contributed by atoms with E-state index in [-0.39, 0.29) is 5.91 Å². The molecule has 1 fully saturated rings. The van der Waals surface area contributed by atoms with E-state index in [4.69, 9.17) is 5.41 Å². The number of aryl methyl sites for hydroxylation is 3. The van der Waals surface area contributed by atoms with Crippen LogP contribution in [0.5, 0.6) is 0 Å². The molecule has 2 N–H and O–H groups in total. The number of nitrogens with zero attached hydrogens (tertiary/aromatic N) is 4. The third kappa shape index (κ3) is 3.32. The number of nitrogens with one attached hydrogen (secondary N) is 2. The Kier molecular flexibility index (Phi) is 4.97. The monoisotopic (exact) mass is 396 g/mol. The van der Waals surface area contributed by atoms with Crippen molar-refractivity contribution in [2.75, 3.05) is 18.8 Å². The second kappa shape index (κ2) is 7.43. The number of rotatable bonds is 4. The largest absolute Gasteiger partial charge is 0.342 e. The third-order valence-corrected chi connectivity index (χ3v) is 6.24. The summed E-state index contributed by atoms with van der Waals surface area (Å²) >= 11 is 1.37. The van der Waals surface area contributed by atoms with Gasteiger partial charge in [0.05, 0.1) is 11.1 Å². The highest BCUT2D eigenvalue weighted by molar-refractivity contribution is 7.99. The number of hydrogen-bond acceptors (Lipinski definition) is 5. The van der Waals surface area contributed by atoms with Gasteiger partial charge in [0, 0.05) is 24.5 Å². The molecular weight excluding hydrogens is 372 g/mol. The Morgan fingerprint density at radius 3 is 2.68 bits per heavy atom. The number of carbonyl (C=O) groups is 1. The number of carbonyl (C=O) groups excluding carboxylic acids is 1. The molecule has 0 bridgehead atoms. The van der Waals surface area contributed by atoms with E-state index < -0.39 is 0 Å². The van der Waals surface area contributed by atoms with Crippen LogP contribution in [-0.4, -0.2) is 49.4 Å². The zero-order chi connectivity index (χ0) is 19.8. The minimum atomic E-state index is 0.126. The van der Waals surface area contributed by atoms with Crippen molar-refractivity contribution < 1.29 is 4.79 Å². The summed E-state index contributed by atoms with van der Waals surface area (Å²) in [5.41, 5.74) is 4.88. The summed E-state index contributed by atoms with van der Waals surface area (Å²) in [6, 6.07) is 6.10. The number of benzene rings is 1. The number of aromatic nitrogens is 4. The molecule has 8 heteroatoms. The molecular formula is C20H24N6OS. The average Bonchev–Trinajstić information content (AvgIpc) is 3.33. The van der Waals surface area contributed by atoms with Gasteiger partial charge in [-0.15, -0.1) is 0 Å². The normalized spacial score (nSPS) is 14.2. The van der Waals surface area contributed by atoms with E-state index in [1.165, 1.54) is 17.3 Å². The van der Waals surface area contributed by atoms with Crippen LogP contribution in [0.2, 0.25) is 0 Å². The zero-order valence-electron chi connectivity index (χ0n) is 16.4. The maximum atomic E-state index is 12.5. The van der Waals surface area contributed by atoms with E-state index in [2.05, 4.69) is 35.1 Å². The minimum Gasteiger partial charge on any atom is -0.342 e. The van der Waals surface area contributed by atoms with Crippen LogP contribution in [0.25, 0.3) is 16.7 Å². The van der Waals surface area contributed by atoms with E-state index in [0.29, 0.717) is 27.4 Å². The van der Waals surface area contributed by atoms with Crippen molar-refractivity contribution in [3.05, 3.63) is 40.5 Å². The first-order chi connectivity index (χ1) is 13.5. The molecule has 0 radical (unpaired) electrons. The van der Waals surface area contributed by atoms with Crippen LogP contribution >= 0.6 is 11.8 Å². The number of thioether (sulfide) groups is 1. The first-order valence-electron chi connectivity index (χ1n) is 9.46. The Morgan fingerprint density at radius 2 is 1.96 bits per heavy atom. The van der Waals surface area contributed by atoms with Gasteiger partial charge in [-0.1, -0.05) is 17.8 Å². The Balaban J connectivity index is 1.78. The summed E-state index contributed by atoms with van der Waals surface area (Å²) in [5.74, 6) is 0.437. The van der Waals surface area contributed by atoms with E-state index in [1.807, 2.05) is 28.5 Å². The van der Waals surface area contributed by atoms with E-state index >= 15 is 0 Å². The van der Waals surface area contributed by atoms with Gasteiger partial charge in [-0.3, -0.25) is 19.9 Å². The molecule has 1 aliphatic heterocycles. The molecule has 0 atom stereocenters. The lowest BCUT2D eigenvalue weighted by Crippen LogP contribution is -2.29. The van der Waals surface area contributed by atoms with E-state index in [0.717, 1.165) is 42.9 Å². The van der Waals surface area contributed by atoms with Crippen molar-refractivity contribution in [1.29, 1.82) is 5.41 Å². The first kappa shape index (κ1) is 18.7. The molecule has 4 rings (SSSR count). The second-order valence-corrected chi connectivity index (χ2v) is 8.21. The van der Waals surface area contributed by atoms with E-state index in [1.54, 1.807) is 0 Å². The molecule has 1 amide bonds. The van der Waals surface area contributed by atoms with Crippen molar-refractivity contribution in [3.8, 4) is 5.69 Å². The summed E-state index contributed by atoms with van der Waals surface area (Å²) in [6.45, 7) is 7.69. The lowest BCUT2D eigenvalue weighted by atomic mass is 10.1. The van der Waals surface area contributed by atoms with Gasteiger partial charge in [-0.2, -0.15) is 5.10 Å². The molecule has 0 saturated carbocycles. The quantitative estimate of drug-likeness (QED) is 0.524. The van der Waals surface area contributed by atoms with Crippen LogP contribution in [0.15, 0.2) is 23.4 Å². The third-order valence-electron chi connectivity index (χ3n) is 5.31. The van der Waals surface area contributed by atoms with Gasteiger partial charge in [0.25, 0.3) is 0 Å². The standard InChI is InChI=1S/C20H24N6OS/c1-12-6-7-15(10-13(12)2)26-18(21)17-14(3)23-24-19(17)22-20(26)28-11-16(27)25-8-4-5-9-25/h6-7,10,21H,4-5,8-9,11H2,1-3H3,(H,23,24). The van der Waals surface area contributed by atoms with Gasteiger partial charge in [0.2, 0.25) is 5.91 Å². The molecule has 1 aliphatic rings. The zero-order valence-corrected chi connectivity index (χ0v) is 17.2. The summed E-state index contributed by atoms with van der Waals surface area (Å²) in [6.07, 6.45) is 2.15. The van der Waals surface area contributed by atoms with Crippen molar-refractivity contribution in [2.45, 2.75) is 38.8 Å². The number of fused-ring (bicyclic) bond motifs is 1. The van der Waals surface area contributed by atoms with E-state index in [9.17, 15) is 4.79 Å². The van der Waals surface area contributed by atoms with Gasteiger partial charge in [0.1, 0.15) is 5.49 Å². The summed E-state index contributed by atoms with van der Waals surface area (Å²) in [5, 5.41) is 17.3. The smallest absolute Gasteiger partial charge is 0.233 e. The SMILES string of the molecule is Cc1ccc(-n2c(SCC(=O)N3CCCC3)nc3n[nH]c(C)c3c2=N)cc1C. The molecule has 1 aromatic carbocycles. The van der Waals surface area contributed by atoms with Crippen LogP contribution in [0, 0.1) is 26.2 Å². The van der Waals surface area contributed by atoms with Crippen molar-refractivity contribution >= 4 is 28.7 Å². The molecule has 0 spiro atoms. The number of aromatic amines is 1. The summed E-state index contributed by atoms with van der Waals surface area (Å²) in [4.78, 5) is 19.1. The topological polar surface area (TPSA) is 90.7 Å². The highest BCUT2D eigenvalue weighted by Gasteiger charge is 2.20. The molecule has 0 aliphatic carbocycles. The number of hydrogen-bond donors (Lipinski definition) is 2. The average molecular weight is 397 g/mol. The van der Waals surface area contributed by atoms with Crippen LogP contribution in [-0.2, 0) is 4.79 Å². The number of amides is 1. The minimum absolute atomic E-state index is 0.126. The molecule has 3 aromatic rings. The summed E-state index contributed by atoms with van der Waals surface area (Å²) < 4.78 is 1.82. The fraction of sp³-hybridized carbons (Fsp3) is 0.400. The first-order valence-corrected chi connectivity index (χ1v) is 10.4. The Hall–Kier alpha value is -2.61. The maximum Gasteiger partial charge on any atom is 0.233 e. The molecule has 3 heterocycles. The fourth-order valence-corrected chi connectivity index (χ4v) is 4.43. The predicted molar refractivity (Wildman–Crippen MR) is 110 cm³/mol. The highest BCUT2D eigenvalue weighted by atomic mass is 32.2. The molecule has 146 valence electrons. The Labute approximate surface area is 167 Å². The molecule has 7 nitrogen and oxygen atoms in total. The van der Waals surface area contributed by atoms with Crippen LogP contribution < -0.4 is 5.49 Å². The maximum absolute atomic E-state index is 12.5. The molecule has 28 heavy (non-hydrogen) atoms. The Morgan fingerprint density at radius 1 is 1.21 bits per heavy atom. The lowest BCUT2D eigenvalue weighted by Gasteiger charge is -2.17. The van der Waals surface area contributed by atoms with Crippen LogP contribution in [0.4, 0.5) is 0 Å². The lowest BCUT2D eigenvalue weighted by molar-refractivity contribution is -0.127. The Bertz CT molecular complexity index is 1110. The molecule has 2 aromatic heterocycles. The van der Waals surface area contributed by atoms with Crippen LogP contribution in [0.1, 0.15) is 29.7 Å². The summed E-state index contributed by atoms with van der Waals surface area (Å²) in [7, 11) is 0. The van der Waals surface area contributed by atoms with Crippen molar-refractivity contribution in [1.82, 2.24) is 24.6 Å².